The number of nitrogens with one attached hydrogen (secondary N) is 1. The van der Waals surface area contributed by atoms with E-state index in [1.807, 2.05) is 0 Å². The van der Waals surface area contributed by atoms with Crippen molar-refractivity contribution in [2.45, 2.75) is 19.3 Å². The average molecular weight is 439 g/mol. The van der Waals surface area contributed by atoms with Gasteiger partial charge in [-0.2, -0.15) is 0 Å². The van der Waals surface area contributed by atoms with Crippen LogP contribution in [0.15, 0.2) is 42.5 Å². The van der Waals surface area contributed by atoms with E-state index in [0.29, 0.717) is 36.6 Å². The molecule has 0 spiro atoms. The van der Waals surface area contributed by atoms with Crippen molar-refractivity contribution in [2.24, 2.45) is 0 Å². The van der Waals surface area contributed by atoms with Crippen LogP contribution in [0.2, 0.25) is 0 Å². The first-order valence-corrected chi connectivity index (χ1v) is 11.3. The first kappa shape index (κ1) is 23.5. The highest BCUT2D eigenvalue weighted by Gasteiger charge is 2.22. The summed E-state index contributed by atoms with van der Waals surface area (Å²) in [5, 5.41) is 2.79. The Morgan fingerprint density at radius 2 is 1.80 bits per heavy atom. The summed E-state index contributed by atoms with van der Waals surface area (Å²) in [4.78, 5) is 12.1. The topological polar surface area (TPSA) is 84.9 Å². The second-order valence-corrected chi connectivity index (χ2v) is 8.61. The van der Waals surface area contributed by atoms with Crippen molar-refractivity contribution in [3.8, 4) is 11.5 Å². The van der Waals surface area contributed by atoms with E-state index < -0.39 is 10.0 Å². The van der Waals surface area contributed by atoms with Crippen LogP contribution < -0.4 is 19.1 Å². The zero-order chi connectivity index (χ0) is 22.1. The summed E-state index contributed by atoms with van der Waals surface area (Å²) in [6.45, 7) is 0.539. The molecule has 0 aromatic heterocycles. The second kappa shape index (κ2) is 10.8. The van der Waals surface area contributed by atoms with Gasteiger partial charge in [0.2, 0.25) is 15.9 Å². The second-order valence-electron chi connectivity index (χ2n) is 6.70. The number of carbonyl (C=O) groups excluding carboxylic acids is 1. The van der Waals surface area contributed by atoms with Crippen molar-refractivity contribution in [1.82, 2.24) is 5.32 Å². The summed E-state index contributed by atoms with van der Waals surface area (Å²) in [6.07, 6.45) is 2.19. The Kier molecular flexibility index (Phi) is 8.46. The minimum atomic E-state index is -3.59. The van der Waals surface area contributed by atoms with Gasteiger partial charge in [0, 0.05) is 25.6 Å². The maximum absolute atomic E-state index is 12.9. The Hall–Kier alpha value is -2.81. The molecule has 0 aliphatic rings. The Morgan fingerprint density at radius 1 is 1.10 bits per heavy atom. The zero-order valence-electron chi connectivity index (χ0n) is 17.4. The van der Waals surface area contributed by atoms with Gasteiger partial charge in [-0.3, -0.25) is 9.10 Å². The highest BCUT2D eigenvalue weighted by molar-refractivity contribution is 7.92. The molecule has 0 unspecified atom stereocenters. The van der Waals surface area contributed by atoms with Gasteiger partial charge in [0.1, 0.15) is 17.3 Å². The lowest BCUT2D eigenvalue weighted by Gasteiger charge is -2.24. The molecule has 1 N–H and O–H groups in total. The van der Waals surface area contributed by atoms with Crippen LogP contribution in [-0.4, -0.2) is 47.9 Å². The van der Waals surface area contributed by atoms with Gasteiger partial charge in [-0.1, -0.05) is 12.1 Å². The fourth-order valence-electron chi connectivity index (χ4n) is 2.93. The minimum absolute atomic E-state index is 0.119. The number of halogens is 1. The number of benzene rings is 2. The number of hydrogen-bond acceptors (Lipinski definition) is 5. The molecule has 9 heteroatoms. The van der Waals surface area contributed by atoms with Crippen LogP contribution >= 0.6 is 0 Å². The van der Waals surface area contributed by atoms with E-state index in [9.17, 15) is 17.6 Å². The number of ether oxygens (including phenoxy) is 2. The molecule has 164 valence electrons. The van der Waals surface area contributed by atoms with Gasteiger partial charge in [-0.05, 0) is 42.7 Å². The molecule has 0 bridgehead atoms. The number of carbonyl (C=O) groups is 1. The maximum Gasteiger partial charge on any atom is 0.232 e. The van der Waals surface area contributed by atoms with Crippen LogP contribution in [-0.2, 0) is 21.2 Å². The van der Waals surface area contributed by atoms with Crippen molar-refractivity contribution in [1.29, 1.82) is 0 Å². The lowest BCUT2D eigenvalue weighted by Crippen LogP contribution is -2.32. The fourth-order valence-corrected chi connectivity index (χ4v) is 3.89. The summed E-state index contributed by atoms with van der Waals surface area (Å²) >= 11 is 0. The van der Waals surface area contributed by atoms with Gasteiger partial charge < -0.3 is 14.8 Å². The maximum atomic E-state index is 12.9. The number of methoxy groups -OCH3 is 2. The normalized spacial score (nSPS) is 11.1. The summed E-state index contributed by atoms with van der Waals surface area (Å²) in [5.41, 5.74) is 1.28. The van der Waals surface area contributed by atoms with Crippen LogP contribution in [0.5, 0.6) is 11.5 Å². The molecule has 0 heterocycles. The van der Waals surface area contributed by atoms with Gasteiger partial charge in [0.25, 0.3) is 0 Å². The molecule has 7 nitrogen and oxygen atoms in total. The van der Waals surface area contributed by atoms with Gasteiger partial charge in [0.05, 0.1) is 26.2 Å². The van der Waals surface area contributed by atoms with Gasteiger partial charge in [-0.15, -0.1) is 0 Å². The Labute approximate surface area is 176 Å². The summed E-state index contributed by atoms with van der Waals surface area (Å²) in [7, 11) is -0.643. The Morgan fingerprint density at radius 3 is 2.40 bits per heavy atom. The average Bonchev–Trinajstić information content (AvgIpc) is 2.71. The standard InChI is InChI=1S/C21H27FN2O5S/c1-28-18-10-11-20(29-2)19(15-18)24(30(3,26)27)14-4-5-21(25)23-13-12-16-6-8-17(22)9-7-16/h6-11,15H,4-5,12-14H2,1-3H3,(H,23,25). The number of hydrogen-bond donors (Lipinski definition) is 1. The molecule has 0 saturated heterocycles. The van der Waals surface area contributed by atoms with Crippen LogP contribution in [0.25, 0.3) is 0 Å². The molecule has 1 amide bonds. The van der Waals surface area contributed by atoms with E-state index in [1.54, 1.807) is 30.3 Å². The number of nitrogens with zero attached hydrogens (tertiary/aromatic N) is 1. The van der Waals surface area contributed by atoms with Crippen LogP contribution in [0.3, 0.4) is 0 Å². The first-order valence-electron chi connectivity index (χ1n) is 9.45. The van der Waals surface area contributed by atoms with Gasteiger partial charge in [-0.25, -0.2) is 12.8 Å². The number of anilines is 1. The van der Waals surface area contributed by atoms with Gasteiger partial charge >= 0.3 is 0 Å². The van der Waals surface area contributed by atoms with E-state index in [4.69, 9.17) is 9.47 Å². The highest BCUT2D eigenvalue weighted by atomic mass is 32.2. The van der Waals surface area contributed by atoms with Crippen LogP contribution in [0.4, 0.5) is 10.1 Å². The largest absolute Gasteiger partial charge is 0.497 e. The molecule has 0 fully saturated rings. The van der Waals surface area contributed by atoms with E-state index in [2.05, 4.69) is 5.32 Å². The van der Waals surface area contributed by atoms with Crippen molar-refractivity contribution in [2.75, 3.05) is 37.9 Å². The molecule has 0 aliphatic heterocycles. The minimum Gasteiger partial charge on any atom is -0.497 e. The van der Waals surface area contributed by atoms with Crippen molar-refractivity contribution in [3.63, 3.8) is 0 Å². The Bertz CT molecular complexity index is 948. The number of rotatable bonds is 11. The SMILES string of the molecule is COc1ccc(OC)c(N(CCCC(=O)NCCc2ccc(F)cc2)S(C)(=O)=O)c1. The third-order valence-electron chi connectivity index (χ3n) is 4.47. The fraction of sp³-hybridized carbons (Fsp3) is 0.381. The highest BCUT2D eigenvalue weighted by Crippen LogP contribution is 2.33. The van der Waals surface area contributed by atoms with Crippen molar-refractivity contribution < 1.29 is 27.1 Å². The van der Waals surface area contributed by atoms with E-state index in [-0.39, 0.29) is 24.7 Å². The van der Waals surface area contributed by atoms with Crippen molar-refractivity contribution in [3.05, 3.63) is 53.8 Å². The zero-order valence-corrected chi connectivity index (χ0v) is 18.2. The van der Waals surface area contributed by atoms with Crippen molar-refractivity contribution >= 4 is 21.6 Å². The van der Waals surface area contributed by atoms with Crippen LogP contribution in [0.1, 0.15) is 18.4 Å². The quantitative estimate of drug-likeness (QED) is 0.583. The van der Waals surface area contributed by atoms with E-state index in [1.165, 1.54) is 30.7 Å². The molecule has 2 aromatic carbocycles. The molecule has 0 atom stereocenters. The monoisotopic (exact) mass is 438 g/mol. The first-order chi connectivity index (χ1) is 14.2. The summed E-state index contributed by atoms with van der Waals surface area (Å²) in [6, 6.07) is 11.0. The predicted octanol–water partition coefficient (Wildman–Crippen LogP) is 2.75. The van der Waals surface area contributed by atoms with E-state index in [0.717, 1.165) is 11.8 Å². The smallest absolute Gasteiger partial charge is 0.232 e. The molecular formula is C21H27FN2O5S. The third kappa shape index (κ3) is 6.91. The molecule has 0 aliphatic carbocycles. The lowest BCUT2D eigenvalue weighted by molar-refractivity contribution is -0.121. The summed E-state index contributed by atoms with van der Waals surface area (Å²) in [5.74, 6) is 0.414. The molecule has 2 aromatic rings. The molecule has 30 heavy (non-hydrogen) atoms. The molecule has 2 rings (SSSR count). The third-order valence-corrected chi connectivity index (χ3v) is 5.65. The molecule has 0 radical (unpaired) electrons. The molecule has 0 saturated carbocycles. The Balaban J connectivity index is 1.92. The van der Waals surface area contributed by atoms with Gasteiger partial charge in [0.15, 0.2) is 0 Å². The molecular weight excluding hydrogens is 411 g/mol. The van der Waals surface area contributed by atoms with Crippen LogP contribution in [0, 0.1) is 5.82 Å². The lowest BCUT2D eigenvalue weighted by atomic mass is 10.1. The number of sulfonamides is 1. The van der Waals surface area contributed by atoms with E-state index >= 15 is 0 Å². The predicted molar refractivity (Wildman–Crippen MR) is 114 cm³/mol. The number of amides is 1. The summed E-state index contributed by atoms with van der Waals surface area (Å²) < 4.78 is 49.2.